The summed E-state index contributed by atoms with van der Waals surface area (Å²) in [5, 5.41) is 8.96. The summed E-state index contributed by atoms with van der Waals surface area (Å²) in [7, 11) is 0. The van der Waals surface area contributed by atoms with E-state index >= 15 is 0 Å². The van der Waals surface area contributed by atoms with Crippen molar-refractivity contribution >= 4 is 11.9 Å². The molecule has 1 aromatic heterocycles. The van der Waals surface area contributed by atoms with Crippen molar-refractivity contribution in [1.29, 1.82) is 0 Å². The lowest BCUT2D eigenvalue weighted by Crippen LogP contribution is -2.46. The highest BCUT2D eigenvalue weighted by Gasteiger charge is 2.39. The zero-order chi connectivity index (χ0) is 15.0. The first-order valence-corrected chi connectivity index (χ1v) is 7.67. The van der Waals surface area contributed by atoms with Crippen LogP contribution in [-0.4, -0.2) is 34.5 Å². The average Bonchev–Trinajstić information content (AvgIpc) is 3.04. The molecule has 1 aliphatic carbocycles. The first kappa shape index (κ1) is 14.2. The molecule has 5 nitrogen and oxygen atoms in total. The van der Waals surface area contributed by atoms with Crippen LogP contribution in [0, 0.1) is 12.8 Å². The monoisotopic (exact) mass is 291 g/mol. The summed E-state index contributed by atoms with van der Waals surface area (Å²) in [6.07, 6.45) is 6.96. The molecule has 2 heterocycles. The molecule has 2 aliphatic rings. The van der Waals surface area contributed by atoms with Gasteiger partial charge in [-0.05, 0) is 38.5 Å². The molecule has 0 bridgehead atoms. The van der Waals surface area contributed by atoms with Crippen LogP contribution in [0.25, 0.3) is 0 Å². The zero-order valence-electron chi connectivity index (χ0n) is 12.3. The van der Waals surface area contributed by atoms with Gasteiger partial charge in [-0.1, -0.05) is 6.42 Å². The molecule has 1 saturated carbocycles. The van der Waals surface area contributed by atoms with Crippen LogP contribution >= 0.6 is 0 Å². The van der Waals surface area contributed by atoms with Crippen molar-refractivity contribution in [3.05, 3.63) is 23.2 Å². The number of aliphatic carboxylic acids is 1. The van der Waals surface area contributed by atoms with Gasteiger partial charge in [0.25, 0.3) is 5.91 Å². The van der Waals surface area contributed by atoms with Crippen molar-refractivity contribution in [2.24, 2.45) is 5.92 Å². The van der Waals surface area contributed by atoms with E-state index in [0.29, 0.717) is 17.5 Å². The van der Waals surface area contributed by atoms with Gasteiger partial charge in [-0.2, -0.15) is 0 Å². The van der Waals surface area contributed by atoms with Gasteiger partial charge >= 0.3 is 5.97 Å². The van der Waals surface area contributed by atoms with Crippen LogP contribution < -0.4 is 0 Å². The largest absolute Gasteiger partial charge is 0.481 e. The van der Waals surface area contributed by atoms with E-state index < -0.39 is 5.97 Å². The molecule has 1 N–H and O–H groups in total. The molecule has 2 fully saturated rings. The van der Waals surface area contributed by atoms with Crippen molar-refractivity contribution in [2.45, 2.75) is 51.5 Å². The summed E-state index contributed by atoms with van der Waals surface area (Å²) in [6.45, 7) is 2.58. The SMILES string of the molecule is Cc1coc(CC(=O)O)c1C(=O)N1CCCC2CCCC21. The topological polar surface area (TPSA) is 70.7 Å². The van der Waals surface area contributed by atoms with Crippen LogP contribution in [-0.2, 0) is 11.2 Å². The lowest BCUT2D eigenvalue weighted by atomic mass is 9.91. The van der Waals surface area contributed by atoms with Gasteiger partial charge < -0.3 is 14.4 Å². The van der Waals surface area contributed by atoms with Gasteiger partial charge in [0.2, 0.25) is 0 Å². The van der Waals surface area contributed by atoms with Gasteiger partial charge in [0.05, 0.1) is 11.8 Å². The fraction of sp³-hybridized carbons (Fsp3) is 0.625. The Morgan fingerprint density at radius 3 is 2.86 bits per heavy atom. The summed E-state index contributed by atoms with van der Waals surface area (Å²) in [5.41, 5.74) is 1.20. The lowest BCUT2D eigenvalue weighted by molar-refractivity contribution is -0.136. The lowest BCUT2D eigenvalue weighted by Gasteiger charge is -2.37. The predicted molar refractivity (Wildman–Crippen MR) is 76.2 cm³/mol. The van der Waals surface area contributed by atoms with E-state index in [1.807, 2.05) is 4.90 Å². The number of rotatable bonds is 3. The summed E-state index contributed by atoms with van der Waals surface area (Å²) in [5.74, 6) is -0.118. The van der Waals surface area contributed by atoms with Gasteiger partial charge in [0.1, 0.15) is 12.2 Å². The van der Waals surface area contributed by atoms with Crippen molar-refractivity contribution in [1.82, 2.24) is 4.90 Å². The number of fused-ring (bicyclic) bond motifs is 1. The van der Waals surface area contributed by atoms with Gasteiger partial charge in [-0.15, -0.1) is 0 Å². The van der Waals surface area contributed by atoms with E-state index in [2.05, 4.69) is 0 Å². The third-order valence-electron chi connectivity index (χ3n) is 4.83. The molecule has 5 heteroatoms. The van der Waals surface area contributed by atoms with E-state index in [1.54, 1.807) is 6.92 Å². The summed E-state index contributed by atoms with van der Waals surface area (Å²) >= 11 is 0. The summed E-state index contributed by atoms with van der Waals surface area (Å²) in [4.78, 5) is 25.8. The maximum absolute atomic E-state index is 12.9. The van der Waals surface area contributed by atoms with E-state index in [0.717, 1.165) is 24.9 Å². The normalized spacial score (nSPS) is 24.9. The quantitative estimate of drug-likeness (QED) is 0.929. The molecular weight excluding hydrogens is 270 g/mol. The van der Waals surface area contributed by atoms with Crippen molar-refractivity contribution in [3.63, 3.8) is 0 Å². The third-order valence-corrected chi connectivity index (χ3v) is 4.83. The number of furan rings is 1. The number of amides is 1. The molecule has 21 heavy (non-hydrogen) atoms. The molecule has 1 amide bonds. The number of piperidine rings is 1. The molecule has 1 aromatic rings. The van der Waals surface area contributed by atoms with Gasteiger partial charge in [-0.3, -0.25) is 9.59 Å². The van der Waals surface area contributed by atoms with E-state index in [4.69, 9.17) is 9.52 Å². The van der Waals surface area contributed by atoms with Crippen molar-refractivity contribution < 1.29 is 19.1 Å². The number of hydrogen-bond donors (Lipinski definition) is 1. The highest BCUT2D eigenvalue weighted by Crippen LogP contribution is 2.38. The summed E-state index contributed by atoms with van der Waals surface area (Å²) in [6, 6.07) is 0.332. The molecule has 0 aromatic carbocycles. The average molecular weight is 291 g/mol. The van der Waals surface area contributed by atoms with Crippen LogP contribution in [0.4, 0.5) is 0 Å². The maximum Gasteiger partial charge on any atom is 0.311 e. The van der Waals surface area contributed by atoms with E-state index in [9.17, 15) is 9.59 Å². The van der Waals surface area contributed by atoms with Gasteiger partial charge in [-0.25, -0.2) is 0 Å². The second kappa shape index (κ2) is 5.54. The van der Waals surface area contributed by atoms with Crippen LogP contribution in [0.2, 0.25) is 0 Å². The predicted octanol–water partition coefficient (Wildman–Crippen LogP) is 2.62. The first-order chi connectivity index (χ1) is 10.1. The fourth-order valence-electron chi connectivity index (χ4n) is 3.90. The molecule has 2 unspecified atom stereocenters. The van der Waals surface area contributed by atoms with Crippen LogP contribution in [0.1, 0.15) is 53.8 Å². The second-order valence-corrected chi connectivity index (χ2v) is 6.19. The Labute approximate surface area is 123 Å². The van der Waals surface area contributed by atoms with Crippen LogP contribution in [0.3, 0.4) is 0 Å². The Bertz CT molecular complexity index is 563. The Hall–Kier alpha value is -1.78. The number of carboxylic acid groups (broad SMARTS) is 1. The Balaban J connectivity index is 1.87. The van der Waals surface area contributed by atoms with Gasteiger partial charge in [0, 0.05) is 18.2 Å². The molecule has 3 rings (SSSR count). The molecule has 0 spiro atoms. The molecule has 2 atom stereocenters. The number of hydrogen-bond acceptors (Lipinski definition) is 3. The maximum atomic E-state index is 12.9. The van der Waals surface area contributed by atoms with Gasteiger partial charge in [0.15, 0.2) is 0 Å². The smallest absolute Gasteiger partial charge is 0.311 e. The van der Waals surface area contributed by atoms with Crippen LogP contribution in [0.5, 0.6) is 0 Å². The van der Waals surface area contributed by atoms with Crippen molar-refractivity contribution in [2.75, 3.05) is 6.54 Å². The number of carbonyl (C=O) groups is 2. The standard InChI is InChI=1S/C16H21NO4/c1-10-9-21-13(8-14(18)19)15(10)16(20)17-7-3-5-11-4-2-6-12(11)17/h9,11-12H,2-8H2,1H3,(H,18,19). The first-order valence-electron chi connectivity index (χ1n) is 7.67. The zero-order valence-corrected chi connectivity index (χ0v) is 12.3. The number of aryl methyl sites for hydroxylation is 1. The number of carboxylic acids is 1. The van der Waals surface area contributed by atoms with Crippen molar-refractivity contribution in [3.8, 4) is 0 Å². The van der Waals surface area contributed by atoms with E-state index in [-0.39, 0.29) is 18.1 Å². The van der Waals surface area contributed by atoms with E-state index in [1.165, 1.54) is 25.5 Å². The Morgan fingerprint density at radius 1 is 1.33 bits per heavy atom. The minimum atomic E-state index is -0.976. The molecule has 0 radical (unpaired) electrons. The minimum absolute atomic E-state index is 0.0471. The molecule has 1 saturated heterocycles. The Kier molecular flexibility index (Phi) is 3.74. The number of likely N-dealkylation sites (tertiary alicyclic amines) is 1. The molecule has 114 valence electrons. The minimum Gasteiger partial charge on any atom is -0.481 e. The number of carbonyl (C=O) groups excluding carboxylic acids is 1. The van der Waals surface area contributed by atoms with Crippen LogP contribution in [0.15, 0.2) is 10.7 Å². The highest BCUT2D eigenvalue weighted by atomic mass is 16.4. The number of nitrogens with zero attached hydrogens (tertiary/aromatic N) is 1. The summed E-state index contributed by atoms with van der Waals surface area (Å²) < 4.78 is 5.30. The highest BCUT2D eigenvalue weighted by molar-refractivity contribution is 5.97. The fourth-order valence-corrected chi connectivity index (χ4v) is 3.90. The molecule has 1 aliphatic heterocycles. The Morgan fingerprint density at radius 2 is 2.10 bits per heavy atom. The molecular formula is C16H21NO4. The second-order valence-electron chi connectivity index (χ2n) is 6.19. The third kappa shape index (κ3) is 2.57.